The van der Waals surface area contributed by atoms with Crippen LogP contribution in [0.25, 0.3) is 0 Å². The third-order valence-corrected chi connectivity index (χ3v) is 5.50. The van der Waals surface area contributed by atoms with Crippen molar-refractivity contribution in [3.05, 3.63) is 60.2 Å². The van der Waals surface area contributed by atoms with Crippen molar-refractivity contribution < 1.29 is 19.1 Å². The van der Waals surface area contributed by atoms with Gasteiger partial charge in [0.05, 0.1) is 19.1 Å². The van der Waals surface area contributed by atoms with E-state index in [9.17, 15) is 9.59 Å². The molecule has 0 unspecified atom stereocenters. The molecule has 1 N–H and O–H groups in total. The molecule has 0 bridgehead atoms. The number of anilines is 2. The molecule has 2 aromatic rings. The summed E-state index contributed by atoms with van der Waals surface area (Å²) in [4.78, 5) is 27.2. The minimum Gasteiger partial charge on any atom is -0.455 e. The minimum absolute atomic E-state index is 0.121. The Hall–Kier alpha value is -2.86. The van der Waals surface area contributed by atoms with Gasteiger partial charge in [0.1, 0.15) is 0 Å². The lowest BCUT2D eigenvalue weighted by Crippen LogP contribution is -2.36. The number of nitrogens with zero attached hydrogens (tertiary/aromatic N) is 1. The van der Waals surface area contributed by atoms with Gasteiger partial charge in [-0.05, 0) is 35.7 Å². The second kappa shape index (κ2) is 10.8. The largest absolute Gasteiger partial charge is 0.455 e. The Morgan fingerprint density at radius 3 is 2.37 bits per heavy atom. The van der Waals surface area contributed by atoms with Crippen molar-refractivity contribution in [2.24, 2.45) is 5.92 Å². The van der Waals surface area contributed by atoms with E-state index >= 15 is 0 Å². The van der Waals surface area contributed by atoms with Crippen LogP contribution in [0.4, 0.5) is 11.4 Å². The number of hydrogen-bond acceptors (Lipinski definition) is 5. The van der Waals surface area contributed by atoms with Gasteiger partial charge in [0.15, 0.2) is 6.61 Å². The molecule has 30 heavy (non-hydrogen) atoms. The van der Waals surface area contributed by atoms with Gasteiger partial charge in [-0.25, -0.2) is 0 Å². The van der Waals surface area contributed by atoms with E-state index in [0.29, 0.717) is 5.69 Å². The standard InChI is InChI=1S/C24H30N2O4/c1-3-18(2)23(19-7-5-4-6-8-19)24(28)30-17-22(27)25-20-9-11-21(12-10-20)26-13-15-29-16-14-26/h4-12,18,23H,3,13-17H2,1-2H3,(H,25,27)/t18-,23+/m1/s1. The summed E-state index contributed by atoms with van der Waals surface area (Å²) in [5.74, 6) is -0.973. The van der Waals surface area contributed by atoms with Gasteiger partial charge in [-0.3, -0.25) is 9.59 Å². The zero-order chi connectivity index (χ0) is 21.3. The minimum atomic E-state index is -0.378. The zero-order valence-electron chi connectivity index (χ0n) is 17.7. The molecule has 0 aromatic heterocycles. The predicted molar refractivity (Wildman–Crippen MR) is 118 cm³/mol. The molecule has 1 aliphatic heterocycles. The quantitative estimate of drug-likeness (QED) is 0.670. The van der Waals surface area contributed by atoms with E-state index in [1.165, 1.54) is 0 Å². The van der Waals surface area contributed by atoms with Crippen LogP contribution in [0, 0.1) is 5.92 Å². The van der Waals surface area contributed by atoms with Crippen LogP contribution in [0.5, 0.6) is 0 Å². The molecule has 3 rings (SSSR count). The fourth-order valence-electron chi connectivity index (χ4n) is 3.59. The molecule has 1 amide bonds. The Balaban J connectivity index is 1.53. The maximum Gasteiger partial charge on any atom is 0.314 e. The number of hydrogen-bond donors (Lipinski definition) is 1. The van der Waals surface area contributed by atoms with E-state index in [1.807, 2.05) is 68.4 Å². The molecule has 1 aliphatic rings. The Labute approximate surface area is 178 Å². The van der Waals surface area contributed by atoms with E-state index in [2.05, 4.69) is 10.2 Å². The predicted octanol–water partition coefficient (Wildman–Crippen LogP) is 3.83. The number of amides is 1. The molecular weight excluding hydrogens is 380 g/mol. The average molecular weight is 411 g/mol. The molecule has 0 radical (unpaired) electrons. The monoisotopic (exact) mass is 410 g/mol. The Kier molecular flexibility index (Phi) is 7.85. The molecule has 0 spiro atoms. The molecule has 1 heterocycles. The average Bonchev–Trinajstić information content (AvgIpc) is 2.79. The van der Waals surface area contributed by atoms with Gasteiger partial charge in [-0.15, -0.1) is 0 Å². The van der Waals surface area contributed by atoms with Crippen LogP contribution in [0.2, 0.25) is 0 Å². The number of carbonyl (C=O) groups excluding carboxylic acids is 2. The van der Waals surface area contributed by atoms with Crippen LogP contribution in [0.1, 0.15) is 31.7 Å². The number of ether oxygens (including phenoxy) is 2. The van der Waals surface area contributed by atoms with Crippen molar-refractivity contribution in [1.29, 1.82) is 0 Å². The van der Waals surface area contributed by atoms with Crippen LogP contribution >= 0.6 is 0 Å². The van der Waals surface area contributed by atoms with Crippen LogP contribution < -0.4 is 10.2 Å². The van der Waals surface area contributed by atoms with E-state index in [0.717, 1.165) is 44.0 Å². The summed E-state index contributed by atoms with van der Waals surface area (Å²) in [7, 11) is 0. The number of nitrogens with one attached hydrogen (secondary N) is 1. The lowest BCUT2D eigenvalue weighted by atomic mass is 9.86. The summed E-state index contributed by atoms with van der Waals surface area (Å²) in [6.45, 7) is 6.94. The molecular formula is C24H30N2O4. The number of carbonyl (C=O) groups is 2. The number of morpholine rings is 1. The number of esters is 1. The van der Waals surface area contributed by atoms with Crippen molar-refractivity contribution in [3.63, 3.8) is 0 Å². The highest BCUT2D eigenvalue weighted by Gasteiger charge is 2.27. The van der Waals surface area contributed by atoms with Gasteiger partial charge in [-0.1, -0.05) is 50.6 Å². The SMILES string of the molecule is CC[C@@H](C)[C@H](C(=O)OCC(=O)Nc1ccc(N2CCOCC2)cc1)c1ccccc1. The third kappa shape index (κ3) is 5.83. The summed E-state index contributed by atoms with van der Waals surface area (Å²) in [6.07, 6.45) is 0.844. The summed E-state index contributed by atoms with van der Waals surface area (Å²) in [5, 5.41) is 2.79. The highest BCUT2D eigenvalue weighted by Crippen LogP contribution is 2.28. The summed E-state index contributed by atoms with van der Waals surface area (Å²) in [5.41, 5.74) is 2.69. The second-order valence-electron chi connectivity index (χ2n) is 7.58. The first kappa shape index (κ1) is 21.8. The lowest BCUT2D eigenvalue weighted by molar-refractivity contribution is -0.150. The fourth-order valence-corrected chi connectivity index (χ4v) is 3.59. The molecule has 2 aromatic carbocycles. The summed E-state index contributed by atoms with van der Waals surface area (Å²) in [6, 6.07) is 17.2. The van der Waals surface area contributed by atoms with Gasteiger partial charge in [0, 0.05) is 24.5 Å². The first-order valence-corrected chi connectivity index (χ1v) is 10.5. The molecule has 0 saturated carbocycles. The summed E-state index contributed by atoms with van der Waals surface area (Å²) >= 11 is 0. The maximum absolute atomic E-state index is 12.7. The Morgan fingerprint density at radius 2 is 1.73 bits per heavy atom. The lowest BCUT2D eigenvalue weighted by Gasteiger charge is -2.28. The summed E-state index contributed by atoms with van der Waals surface area (Å²) < 4.78 is 10.7. The normalized spacial score (nSPS) is 15.9. The van der Waals surface area contributed by atoms with Crippen LogP contribution in [-0.2, 0) is 19.1 Å². The van der Waals surface area contributed by atoms with Gasteiger partial charge in [-0.2, -0.15) is 0 Å². The van der Waals surface area contributed by atoms with E-state index in [4.69, 9.17) is 9.47 Å². The smallest absolute Gasteiger partial charge is 0.314 e. The van der Waals surface area contributed by atoms with E-state index < -0.39 is 0 Å². The first-order chi connectivity index (χ1) is 14.6. The van der Waals surface area contributed by atoms with Crippen molar-refractivity contribution >= 4 is 23.3 Å². The first-order valence-electron chi connectivity index (χ1n) is 10.5. The third-order valence-electron chi connectivity index (χ3n) is 5.50. The van der Waals surface area contributed by atoms with E-state index in [-0.39, 0.29) is 30.3 Å². The fraction of sp³-hybridized carbons (Fsp3) is 0.417. The Bertz CT molecular complexity index is 817. The molecule has 2 atom stereocenters. The van der Waals surface area contributed by atoms with Crippen LogP contribution in [0.3, 0.4) is 0 Å². The van der Waals surface area contributed by atoms with Crippen molar-refractivity contribution in [1.82, 2.24) is 0 Å². The second-order valence-corrected chi connectivity index (χ2v) is 7.58. The van der Waals surface area contributed by atoms with Gasteiger partial charge in [0.2, 0.25) is 0 Å². The molecule has 6 nitrogen and oxygen atoms in total. The number of rotatable bonds is 8. The van der Waals surface area contributed by atoms with Gasteiger partial charge in [0.25, 0.3) is 5.91 Å². The van der Waals surface area contributed by atoms with Crippen molar-refractivity contribution in [2.75, 3.05) is 43.1 Å². The van der Waals surface area contributed by atoms with Crippen LogP contribution in [-0.4, -0.2) is 44.8 Å². The Morgan fingerprint density at radius 1 is 1.07 bits per heavy atom. The number of benzene rings is 2. The molecule has 1 saturated heterocycles. The van der Waals surface area contributed by atoms with E-state index in [1.54, 1.807) is 0 Å². The van der Waals surface area contributed by atoms with Crippen molar-refractivity contribution in [2.45, 2.75) is 26.2 Å². The topological polar surface area (TPSA) is 67.9 Å². The highest BCUT2D eigenvalue weighted by atomic mass is 16.5. The highest BCUT2D eigenvalue weighted by molar-refractivity contribution is 5.93. The molecule has 0 aliphatic carbocycles. The van der Waals surface area contributed by atoms with Crippen LogP contribution in [0.15, 0.2) is 54.6 Å². The van der Waals surface area contributed by atoms with Gasteiger partial charge < -0.3 is 19.7 Å². The zero-order valence-corrected chi connectivity index (χ0v) is 17.7. The molecule has 6 heteroatoms. The van der Waals surface area contributed by atoms with Crippen molar-refractivity contribution in [3.8, 4) is 0 Å². The van der Waals surface area contributed by atoms with Gasteiger partial charge >= 0.3 is 5.97 Å². The maximum atomic E-state index is 12.7. The molecule has 160 valence electrons. The molecule has 1 fully saturated rings.